The first-order chi connectivity index (χ1) is 6.29. The number of fused-ring (bicyclic) bond motifs is 1. The number of hydrazine groups is 1. The lowest BCUT2D eigenvalue weighted by Crippen LogP contribution is -2.35. The molecule has 1 aromatic rings. The Morgan fingerprint density at radius 1 is 1.54 bits per heavy atom. The van der Waals surface area contributed by atoms with Crippen LogP contribution in [0.4, 0.5) is 5.69 Å². The largest absolute Gasteiger partial charge is 0.483 e. The fourth-order valence-electron chi connectivity index (χ4n) is 1.10. The van der Waals surface area contributed by atoms with E-state index < -0.39 is 0 Å². The summed E-state index contributed by atoms with van der Waals surface area (Å²) in [6.07, 6.45) is 0. The van der Waals surface area contributed by atoms with E-state index in [1.807, 2.05) is 18.2 Å². The maximum atomic E-state index is 5.39. The van der Waals surface area contributed by atoms with Crippen molar-refractivity contribution < 1.29 is 4.74 Å². The van der Waals surface area contributed by atoms with Crippen molar-refractivity contribution in [3.05, 3.63) is 22.7 Å². The Hall–Kier alpha value is -1.07. The minimum Gasteiger partial charge on any atom is -0.483 e. The van der Waals surface area contributed by atoms with Crippen molar-refractivity contribution in [3.8, 4) is 5.75 Å². The third kappa shape index (κ3) is 1.66. The summed E-state index contributed by atoms with van der Waals surface area (Å²) < 4.78 is 6.36. The van der Waals surface area contributed by atoms with Crippen molar-refractivity contribution in [2.45, 2.75) is 0 Å². The number of nitrogens with one attached hydrogen (secondary N) is 1. The summed E-state index contributed by atoms with van der Waals surface area (Å²) in [6, 6.07) is 5.66. The predicted molar refractivity (Wildman–Crippen MR) is 54.1 cm³/mol. The molecule has 0 saturated carbocycles. The van der Waals surface area contributed by atoms with E-state index in [9.17, 15) is 0 Å². The number of nitrogens with two attached hydrogens (primary N) is 1. The number of hydrogen-bond acceptors (Lipinski definition) is 4. The van der Waals surface area contributed by atoms with Crippen LogP contribution >= 0.6 is 15.9 Å². The van der Waals surface area contributed by atoms with Gasteiger partial charge in [-0.15, -0.1) is 0 Å². The number of rotatable bonds is 0. The van der Waals surface area contributed by atoms with Gasteiger partial charge < -0.3 is 10.2 Å². The van der Waals surface area contributed by atoms with E-state index in [0.717, 1.165) is 15.9 Å². The van der Waals surface area contributed by atoms with Gasteiger partial charge in [-0.3, -0.25) is 0 Å². The van der Waals surface area contributed by atoms with E-state index in [1.54, 1.807) is 0 Å². The molecule has 3 N–H and O–H groups in total. The molecule has 1 aliphatic heterocycles. The van der Waals surface area contributed by atoms with Gasteiger partial charge in [0.05, 0.1) is 0 Å². The first-order valence-electron chi connectivity index (χ1n) is 3.76. The number of amidine groups is 1. The molecule has 2 rings (SSSR count). The number of nitrogens with zero attached hydrogens (tertiary/aromatic N) is 1. The van der Waals surface area contributed by atoms with Crippen LogP contribution in [0.25, 0.3) is 0 Å². The van der Waals surface area contributed by atoms with Crippen LogP contribution in [0.1, 0.15) is 0 Å². The van der Waals surface area contributed by atoms with Crippen molar-refractivity contribution in [2.75, 3.05) is 6.61 Å². The fourth-order valence-corrected chi connectivity index (χ4v) is 1.45. The minimum absolute atomic E-state index is 0.394. The maximum absolute atomic E-state index is 5.39. The zero-order valence-corrected chi connectivity index (χ0v) is 8.34. The zero-order chi connectivity index (χ0) is 9.26. The molecule has 0 aromatic heterocycles. The molecular weight excluding hydrogens is 234 g/mol. The number of ether oxygens (including phenoxy) is 1. The zero-order valence-electron chi connectivity index (χ0n) is 6.75. The van der Waals surface area contributed by atoms with E-state index in [2.05, 4.69) is 26.3 Å². The second-order valence-corrected chi connectivity index (χ2v) is 3.52. The second kappa shape index (κ2) is 3.35. The summed E-state index contributed by atoms with van der Waals surface area (Å²) in [5.74, 6) is 6.64. The number of aliphatic imine (C=N–C) groups is 1. The monoisotopic (exact) mass is 241 g/mol. The quantitative estimate of drug-likeness (QED) is 0.533. The van der Waals surface area contributed by atoms with Crippen LogP contribution in [0, 0.1) is 0 Å². The van der Waals surface area contributed by atoms with Crippen LogP contribution in [0.5, 0.6) is 5.75 Å². The SMILES string of the molecule is NNC1=Nc2cc(Br)ccc2OC1. The average molecular weight is 242 g/mol. The summed E-state index contributed by atoms with van der Waals surface area (Å²) >= 11 is 3.36. The van der Waals surface area contributed by atoms with E-state index in [-0.39, 0.29) is 0 Å². The van der Waals surface area contributed by atoms with Crippen LogP contribution in [0.3, 0.4) is 0 Å². The minimum atomic E-state index is 0.394. The van der Waals surface area contributed by atoms with Gasteiger partial charge in [0.25, 0.3) is 0 Å². The molecule has 0 fully saturated rings. The molecule has 0 bridgehead atoms. The van der Waals surface area contributed by atoms with Gasteiger partial charge in [-0.25, -0.2) is 10.8 Å². The lowest BCUT2D eigenvalue weighted by Gasteiger charge is -2.16. The first-order valence-corrected chi connectivity index (χ1v) is 4.55. The smallest absolute Gasteiger partial charge is 0.154 e. The molecular formula is C8H8BrN3O. The summed E-state index contributed by atoms with van der Waals surface area (Å²) in [4.78, 5) is 4.25. The summed E-state index contributed by atoms with van der Waals surface area (Å²) in [6.45, 7) is 0.394. The highest BCUT2D eigenvalue weighted by molar-refractivity contribution is 9.10. The van der Waals surface area contributed by atoms with Crippen molar-refractivity contribution in [1.29, 1.82) is 0 Å². The van der Waals surface area contributed by atoms with E-state index in [0.29, 0.717) is 12.4 Å². The third-order valence-corrected chi connectivity index (χ3v) is 2.20. The second-order valence-electron chi connectivity index (χ2n) is 2.60. The highest BCUT2D eigenvalue weighted by Gasteiger charge is 2.11. The third-order valence-electron chi connectivity index (χ3n) is 1.71. The van der Waals surface area contributed by atoms with Crippen LogP contribution in [-0.2, 0) is 0 Å². The molecule has 0 spiro atoms. The first kappa shape index (κ1) is 8.52. The van der Waals surface area contributed by atoms with Crippen LogP contribution in [0.15, 0.2) is 27.7 Å². The van der Waals surface area contributed by atoms with E-state index in [4.69, 9.17) is 10.6 Å². The molecule has 0 unspecified atom stereocenters. The Morgan fingerprint density at radius 3 is 3.15 bits per heavy atom. The molecule has 1 aliphatic rings. The van der Waals surface area contributed by atoms with Crippen molar-refractivity contribution >= 4 is 27.5 Å². The molecule has 13 heavy (non-hydrogen) atoms. The lowest BCUT2D eigenvalue weighted by molar-refractivity contribution is 0.367. The number of halogens is 1. The topological polar surface area (TPSA) is 59.6 Å². The Bertz CT molecular complexity index is 364. The number of benzene rings is 1. The highest BCUT2D eigenvalue weighted by atomic mass is 79.9. The van der Waals surface area contributed by atoms with Crippen LogP contribution in [0.2, 0.25) is 0 Å². The molecule has 5 heteroatoms. The molecule has 0 amide bonds. The molecule has 4 nitrogen and oxygen atoms in total. The van der Waals surface area contributed by atoms with Crippen LogP contribution < -0.4 is 16.0 Å². The van der Waals surface area contributed by atoms with Gasteiger partial charge >= 0.3 is 0 Å². The van der Waals surface area contributed by atoms with Crippen LogP contribution in [-0.4, -0.2) is 12.4 Å². The van der Waals surface area contributed by atoms with Crippen molar-refractivity contribution in [1.82, 2.24) is 5.43 Å². The normalized spacial score (nSPS) is 14.2. The maximum Gasteiger partial charge on any atom is 0.154 e. The van der Waals surface area contributed by atoms with E-state index in [1.165, 1.54) is 0 Å². The summed E-state index contributed by atoms with van der Waals surface area (Å²) in [7, 11) is 0. The Morgan fingerprint density at radius 2 is 2.38 bits per heavy atom. The molecule has 0 aliphatic carbocycles. The Kier molecular flexibility index (Phi) is 2.20. The summed E-state index contributed by atoms with van der Waals surface area (Å²) in [5, 5.41) is 0. The van der Waals surface area contributed by atoms with Gasteiger partial charge in [0.1, 0.15) is 18.0 Å². The number of hydrogen-bond donors (Lipinski definition) is 2. The average Bonchev–Trinajstić information content (AvgIpc) is 2.16. The molecule has 1 aromatic carbocycles. The molecule has 68 valence electrons. The Labute approximate surface area is 83.9 Å². The molecule has 0 radical (unpaired) electrons. The van der Waals surface area contributed by atoms with Crippen molar-refractivity contribution in [3.63, 3.8) is 0 Å². The predicted octanol–water partition coefficient (Wildman–Crippen LogP) is 1.33. The standard InChI is InChI=1S/C8H8BrN3O/c9-5-1-2-7-6(3-5)11-8(12-10)4-13-7/h1-3H,4,10H2,(H,11,12). The van der Waals surface area contributed by atoms with Gasteiger partial charge in [-0.05, 0) is 18.2 Å². The summed E-state index contributed by atoms with van der Waals surface area (Å²) in [5.41, 5.74) is 3.26. The van der Waals surface area contributed by atoms with Gasteiger partial charge in [0.2, 0.25) is 0 Å². The Balaban J connectivity index is 2.44. The fraction of sp³-hybridized carbons (Fsp3) is 0.125. The van der Waals surface area contributed by atoms with E-state index >= 15 is 0 Å². The molecule has 0 atom stereocenters. The molecule has 1 heterocycles. The lowest BCUT2D eigenvalue weighted by atomic mass is 10.3. The van der Waals surface area contributed by atoms with Crippen molar-refractivity contribution in [2.24, 2.45) is 10.8 Å². The van der Waals surface area contributed by atoms with Gasteiger partial charge in [0, 0.05) is 4.47 Å². The van der Waals surface area contributed by atoms with Gasteiger partial charge in [0.15, 0.2) is 5.84 Å². The highest BCUT2D eigenvalue weighted by Crippen LogP contribution is 2.32. The van der Waals surface area contributed by atoms with Gasteiger partial charge in [-0.1, -0.05) is 15.9 Å². The van der Waals surface area contributed by atoms with Gasteiger partial charge in [-0.2, -0.15) is 0 Å². The molecule has 0 saturated heterocycles.